The maximum absolute atomic E-state index is 12.4. The van der Waals surface area contributed by atoms with Gasteiger partial charge in [0, 0.05) is 17.7 Å². The number of ether oxygens (including phenoxy) is 1. The van der Waals surface area contributed by atoms with Crippen LogP contribution in [0, 0.1) is 6.92 Å². The van der Waals surface area contributed by atoms with Crippen LogP contribution in [0.15, 0.2) is 34.7 Å². The van der Waals surface area contributed by atoms with Crippen LogP contribution in [0.1, 0.15) is 48.0 Å². The second kappa shape index (κ2) is 5.57. The topological polar surface area (TPSA) is 76.4 Å². The molecule has 2 aliphatic rings. The SMILES string of the molecule is Cc1nc2oc3c(c2c2c1COC(C)(C)C2)NC(=O)N[C@@H]3c1ccccc1. The molecule has 0 aliphatic carbocycles. The Hall–Kier alpha value is -2.86. The van der Waals surface area contributed by atoms with Crippen LogP contribution in [-0.2, 0) is 17.8 Å². The van der Waals surface area contributed by atoms with Gasteiger partial charge in [0.05, 0.1) is 23.3 Å². The first kappa shape index (κ1) is 16.3. The number of aryl methyl sites for hydroxylation is 1. The minimum Gasteiger partial charge on any atom is -0.438 e. The maximum Gasteiger partial charge on any atom is 0.320 e. The summed E-state index contributed by atoms with van der Waals surface area (Å²) in [6.07, 6.45) is 0.744. The van der Waals surface area contributed by atoms with Crippen molar-refractivity contribution in [2.45, 2.75) is 45.4 Å². The average molecular weight is 363 g/mol. The van der Waals surface area contributed by atoms with Crippen LogP contribution < -0.4 is 10.6 Å². The summed E-state index contributed by atoms with van der Waals surface area (Å²) >= 11 is 0. The van der Waals surface area contributed by atoms with E-state index in [0.717, 1.165) is 39.9 Å². The van der Waals surface area contributed by atoms with Gasteiger partial charge in [0.1, 0.15) is 6.04 Å². The van der Waals surface area contributed by atoms with Crippen LogP contribution in [0.5, 0.6) is 0 Å². The first-order valence-corrected chi connectivity index (χ1v) is 9.14. The average Bonchev–Trinajstić information content (AvgIpc) is 2.99. The summed E-state index contributed by atoms with van der Waals surface area (Å²) in [5, 5.41) is 6.82. The molecule has 0 spiro atoms. The number of nitrogens with one attached hydrogen (secondary N) is 2. The second-order valence-corrected chi connectivity index (χ2v) is 7.84. The molecule has 5 rings (SSSR count). The lowest BCUT2D eigenvalue weighted by molar-refractivity contribution is -0.0400. The third kappa shape index (κ3) is 2.51. The van der Waals surface area contributed by atoms with Crippen molar-refractivity contribution in [3.05, 3.63) is 58.5 Å². The zero-order chi connectivity index (χ0) is 18.8. The van der Waals surface area contributed by atoms with E-state index >= 15 is 0 Å². The van der Waals surface area contributed by atoms with E-state index < -0.39 is 0 Å². The molecule has 2 amide bonds. The Morgan fingerprint density at radius 3 is 2.74 bits per heavy atom. The molecule has 3 aromatic rings. The smallest absolute Gasteiger partial charge is 0.320 e. The van der Waals surface area contributed by atoms with Crippen LogP contribution in [0.3, 0.4) is 0 Å². The summed E-state index contributed by atoms with van der Waals surface area (Å²) in [4.78, 5) is 17.1. The number of aromatic nitrogens is 1. The zero-order valence-corrected chi connectivity index (χ0v) is 15.6. The van der Waals surface area contributed by atoms with Gasteiger partial charge in [-0.05, 0) is 31.9 Å². The molecular weight excluding hydrogens is 342 g/mol. The number of furan rings is 1. The van der Waals surface area contributed by atoms with E-state index in [1.165, 1.54) is 0 Å². The minimum atomic E-state index is -0.340. The van der Waals surface area contributed by atoms with E-state index in [1.54, 1.807) is 0 Å². The Morgan fingerprint density at radius 2 is 1.96 bits per heavy atom. The summed E-state index contributed by atoms with van der Waals surface area (Å²) in [6.45, 7) is 6.66. The standard InChI is InChI=1S/C21H21N3O3/c1-11-14-10-26-21(2,3)9-13(14)15-17-18(27-19(15)22-11)16(23-20(25)24-17)12-7-5-4-6-8-12/h4-8,16H,9-10H2,1-3H3,(H2,23,24,25)/t16-/m1/s1. The van der Waals surface area contributed by atoms with Gasteiger partial charge in [-0.1, -0.05) is 30.3 Å². The third-order valence-corrected chi connectivity index (χ3v) is 5.41. The van der Waals surface area contributed by atoms with E-state index in [-0.39, 0.29) is 17.7 Å². The highest BCUT2D eigenvalue weighted by Crippen LogP contribution is 2.44. The molecule has 1 aromatic carbocycles. The molecular formula is C21H21N3O3. The molecule has 2 aromatic heterocycles. The van der Waals surface area contributed by atoms with Gasteiger partial charge in [0.25, 0.3) is 0 Å². The highest BCUT2D eigenvalue weighted by molar-refractivity contribution is 6.04. The number of nitrogens with zero attached hydrogens (tertiary/aromatic N) is 1. The molecule has 27 heavy (non-hydrogen) atoms. The van der Waals surface area contributed by atoms with Crippen LogP contribution in [-0.4, -0.2) is 16.6 Å². The fourth-order valence-electron chi connectivity index (χ4n) is 4.07. The largest absolute Gasteiger partial charge is 0.438 e. The number of carbonyl (C=O) groups is 1. The highest BCUT2D eigenvalue weighted by Gasteiger charge is 2.36. The first-order chi connectivity index (χ1) is 12.9. The second-order valence-electron chi connectivity index (χ2n) is 7.84. The van der Waals surface area contributed by atoms with E-state index in [2.05, 4.69) is 29.5 Å². The Morgan fingerprint density at radius 1 is 1.19 bits per heavy atom. The molecule has 2 N–H and O–H groups in total. The fourth-order valence-corrected chi connectivity index (χ4v) is 4.07. The number of hydrogen-bond acceptors (Lipinski definition) is 4. The van der Waals surface area contributed by atoms with Gasteiger partial charge < -0.3 is 19.8 Å². The third-order valence-electron chi connectivity index (χ3n) is 5.41. The molecule has 2 aliphatic heterocycles. The van der Waals surface area contributed by atoms with E-state index in [1.807, 2.05) is 37.3 Å². The van der Waals surface area contributed by atoms with Gasteiger partial charge in [-0.25, -0.2) is 9.78 Å². The molecule has 6 nitrogen and oxygen atoms in total. The van der Waals surface area contributed by atoms with Crippen molar-refractivity contribution in [3.8, 4) is 0 Å². The number of amides is 2. The number of urea groups is 1. The molecule has 0 unspecified atom stereocenters. The van der Waals surface area contributed by atoms with Crippen molar-refractivity contribution in [2.24, 2.45) is 0 Å². The fraction of sp³-hybridized carbons (Fsp3) is 0.333. The van der Waals surface area contributed by atoms with Gasteiger partial charge in [0.2, 0.25) is 5.71 Å². The molecule has 1 atom stereocenters. The van der Waals surface area contributed by atoms with Crippen LogP contribution in [0.25, 0.3) is 11.1 Å². The molecule has 6 heteroatoms. The van der Waals surface area contributed by atoms with Crippen molar-refractivity contribution in [1.82, 2.24) is 10.3 Å². The van der Waals surface area contributed by atoms with Crippen molar-refractivity contribution in [1.29, 1.82) is 0 Å². The monoisotopic (exact) mass is 363 g/mol. The molecule has 0 fully saturated rings. The number of hydrogen-bond donors (Lipinski definition) is 2. The summed E-state index contributed by atoms with van der Waals surface area (Å²) < 4.78 is 12.2. The molecule has 0 bridgehead atoms. The predicted octanol–water partition coefficient (Wildman–Crippen LogP) is 4.21. The van der Waals surface area contributed by atoms with Gasteiger partial charge in [0.15, 0.2) is 5.76 Å². The van der Waals surface area contributed by atoms with Crippen LogP contribution in [0.2, 0.25) is 0 Å². The number of benzene rings is 1. The lowest BCUT2D eigenvalue weighted by Crippen LogP contribution is -2.38. The lowest BCUT2D eigenvalue weighted by Gasteiger charge is -2.33. The normalized spacial score (nSPS) is 20.6. The number of pyridine rings is 1. The van der Waals surface area contributed by atoms with Crippen LogP contribution >= 0.6 is 0 Å². The van der Waals surface area contributed by atoms with Crippen molar-refractivity contribution >= 4 is 22.8 Å². The molecule has 0 radical (unpaired) electrons. The number of fused-ring (bicyclic) bond motifs is 5. The zero-order valence-electron chi connectivity index (χ0n) is 15.6. The van der Waals surface area contributed by atoms with Gasteiger partial charge in [-0.15, -0.1) is 0 Å². The molecule has 4 heterocycles. The summed E-state index contributed by atoms with van der Waals surface area (Å²) in [5.41, 5.74) is 5.16. The van der Waals surface area contributed by atoms with E-state index in [4.69, 9.17) is 9.15 Å². The Labute approximate surface area is 156 Å². The number of carbonyl (C=O) groups excluding carboxylic acids is 1. The first-order valence-electron chi connectivity index (χ1n) is 9.14. The van der Waals surface area contributed by atoms with E-state index in [0.29, 0.717) is 18.1 Å². The molecule has 0 saturated carbocycles. The van der Waals surface area contributed by atoms with Gasteiger partial charge in [-0.3, -0.25) is 0 Å². The van der Waals surface area contributed by atoms with Gasteiger partial charge in [-0.2, -0.15) is 0 Å². The Bertz CT molecular complexity index is 1070. The van der Waals surface area contributed by atoms with E-state index in [9.17, 15) is 4.79 Å². The quantitative estimate of drug-likeness (QED) is 0.679. The van der Waals surface area contributed by atoms with Crippen molar-refractivity contribution in [3.63, 3.8) is 0 Å². The summed E-state index contributed by atoms with van der Waals surface area (Å²) in [5.74, 6) is 0.695. The number of rotatable bonds is 1. The van der Waals surface area contributed by atoms with Crippen LogP contribution in [0.4, 0.5) is 10.5 Å². The molecule has 0 saturated heterocycles. The van der Waals surface area contributed by atoms with Gasteiger partial charge >= 0.3 is 6.03 Å². The maximum atomic E-state index is 12.4. The Balaban J connectivity index is 1.77. The highest BCUT2D eigenvalue weighted by atomic mass is 16.5. The minimum absolute atomic E-state index is 0.236. The molecule has 138 valence electrons. The van der Waals surface area contributed by atoms with Crippen molar-refractivity contribution < 1.29 is 13.9 Å². The van der Waals surface area contributed by atoms with Crippen molar-refractivity contribution in [2.75, 3.05) is 5.32 Å². The summed E-state index contributed by atoms with van der Waals surface area (Å²) in [7, 11) is 0. The Kier molecular flexibility index (Phi) is 3.37. The predicted molar refractivity (Wildman–Crippen MR) is 102 cm³/mol. The lowest BCUT2D eigenvalue weighted by atomic mass is 9.88. The number of anilines is 1. The summed E-state index contributed by atoms with van der Waals surface area (Å²) in [6, 6.07) is 9.26.